The van der Waals surface area contributed by atoms with Crippen molar-refractivity contribution in [3.8, 4) is 5.75 Å². The molecule has 0 bridgehead atoms. The maximum absolute atomic E-state index is 11.4. The Kier molecular flexibility index (Phi) is 8.28. The van der Waals surface area contributed by atoms with E-state index >= 15 is 0 Å². The van der Waals surface area contributed by atoms with E-state index in [1.165, 1.54) is 0 Å². The van der Waals surface area contributed by atoms with E-state index in [1.807, 2.05) is 44.3 Å². The molecule has 138 valence electrons. The number of carbonyl (C=O) groups is 1. The van der Waals surface area contributed by atoms with Crippen LogP contribution in [0.4, 0.5) is 0 Å². The summed E-state index contributed by atoms with van der Waals surface area (Å²) in [6, 6.07) is 7.95. The van der Waals surface area contributed by atoms with Crippen LogP contribution in [-0.2, 0) is 19.0 Å². The van der Waals surface area contributed by atoms with Gasteiger partial charge in [0.25, 0.3) is 0 Å². The minimum atomic E-state index is -0.169. The molecule has 0 amide bonds. The molecule has 1 N–H and O–H groups in total. The quantitative estimate of drug-likeness (QED) is 0.471. The van der Waals surface area contributed by atoms with Crippen LogP contribution in [-0.4, -0.2) is 50.6 Å². The molecule has 1 unspecified atom stereocenters. The van der Waals surface area contributed by atoms with Gasteiger partial charge in [0, 0.05) is 17.8 Å². The summed E-state index contributed by atoms with van der Waals surface area (Å²) < 4.78 is 21.5. The summed E-state index contributed by atoms with van der Waals surface area (Å²) in [5.74, 6) is 0.594. The maximum Gasteiger partial charge on any atom is 0.308 e. The molecule has 0 aliphatic carbocycles. The highest BCUT2D eigenvalue weighted by Crippen LogP contribution is 2.19. The van der Waals surface area contributed by atoms with Crippen LogP contribution in [0.5, 0.6) is 5.75 Å². The van der Waals surface area contributed by atoms with Gasteiger partial charge in [-0.2, -0.15) is 0 Å². The molecule has 0 spiro atoms. The number of esters is 1. The minimum Gasteiger partial charge on any atom is -0.491 e. The highest BCUT2D eigenvalue weighted by atomic mass is 16.6. The number of benzene rings is 1. The Morgan fingerprint density at radius 2 is 1.76 bits per heavy atom. The van der Waals surface area contributed by atoms with Gasteiger partial charge in [-0.05, 0) is 30.0 Å². The molecule has 2 aromatic rings. The first kappa shape index (κ1) is 19.3. The zero-order chi connectivity index (χ0) is 17.9. The number of hydrogen-bond acceptors (Lipinski definition) is 5. The number of carbonyl (C=O) groups excluding carboxylic acids is 1. The lowest BCUT2D eigenvalue weighted by molar-refractivity contribution is -0.149. The van der Waals surface area contributed by atoms with Gasteiger partial charge in [0.2, 0.25) is 0 Å². The third kappa shape index (κ3) is 6.76. The average Bonchev–Trinajstić information content (AvgIpc) is 3.10. The van der Waals surface area contributed by atoms with Crippen molar-refractivity contribution >= 4 is 16.9 Å². The second-order valence-electron chi connectivity index (χ2n) is 5.78. The van der Waals surface area contributed by atoms with Crippen LogP contribution in [0.3, 0.4) is 0 Å². The van der Waals surface area contributed by atoms with Gasteiger partial charge in [-0.3, -0.25) is 4.79 Å². The Bertz CT molecular complexity index is 640. The summed E-state index contributed by atoms with van der Waals surface area (Å²) in [5.41, 5.74) is 1.06. The van der Waals surface area contributed by atoms with Crippen LogP contribution in [0.15, 0.2) is 30.5 Å². The first-order chi connectivity index (χ1) is 12.2. The van der Waals surface area contributed by atoms with Gasteiger partial charge in [-0.15, -0.1) is 0 Å². The summed E-state index contributed by atoms with van der Waals surface area (Å²) >= 11 is 0. The summed E-state index contributed by atoms with van der Waals surface area (Å²) in [6.45, 7) is 6.42. The van der Waals surface area contributed by atoms with Crippen LogP contribution in [0, 0.1) is 5.92 Å². The lowest BCUT2D eigenvalue weighted by Gasteiger charge is -2.10. The van der Waals surface area contributed by atoms with Crippen LogP contribution >= 0.6 is 0 Å². The summed E-state index contributed by atoms with van der Waals surface area (Å²) in [5, 5.41) is 1.16. The normalized spacial score (nSPS) is 12.2. The number of fused-ring (bicyclic) bond motifs is 1. The van der Waals surface area contributed by atoms with E-state index in [4.69, 9.17) is 18.9 Å². The first-order valence-corrected chi connectivity index (χ1v) is 8.72. The number of aromatic nitrogens is 1. The molecule has 1 heterocycles. The highest BCUT2D eigenvalue weighted by Gasteiger charge is 2.10. The molecule has 25 heavy (non-hydrogen) atoms. The van der Waals surface area contributed by atoms with E-state index in [0.717, 1.165) is 23.1 Å². The SMILES string of the molecule is CCC(C)C(=O)OCCOCCOCCOc1ccc2cc[nH]c2c1. The van der Waals surface area contributed by atoms with E-state index in [0.29, 0.717) is 33.0 Å². The molecule has 1 aromatic carbocycles. The number of ether oxygens (including phenoxy) is 4. The van der Waals surface area contributed by atoms with Crippen LogP contribution in [0.25, 0.3) is 10.9 Å². The first-order valence-electron chi connectivity index (χ1n) is 8.72. The molecule has 0 radical (unpaired) electrons. The Hall–Kier alpha value is -2.05. The molecule has 1 aromatic heterocycles. The van der Waals surface area contributed by atoms with Gasteiger partial charge in [-0.25, -0.2) is 0 Å². The Balaban J connectivity index is 1.44. The predicted octanol–water partition coefficient (Wildman–Crippen LogP) is 3.17. The molecule has 6 heteroatoms. The number of rotatable bonds is 12. The second-order valence-corrected chi connectivity index (χ2v) is 5.78. The van der Waals surface area contributed by atoms with Crippen molar-refractivity contribution in [1.82, 2.24) is 4.98 Å². The molecular weight excluding hydrogens is 322 g/mol. The number of H-pyrrole nitrogens is 1. The predicted molar refractivity (Wildman–Crippen MR) is 95.8 cm³/mol. The van der Waals surface area contributed by atoms with Gasteiger partial charge in [0.1, 0.15) is 19.0 Å². The van der Waals surface area contributed by atoms with E-state index in [9.17, 15) is 4.79 Å². The van der Waals surface area contributed by atoms with Gasteiger partial charge in [0.15, 0.2) is 0 Å². The Morgan fingerprint density at radius 1 is 1.04 bits per heavy atom. The molecule has 0 fully saturated rings. The van der Waals surface area contributed by atoms with Crippen molar-refractivity contribution < 1.29 is 23.7 Å². The van der Waals surface area contributed by atoms with Crippen molar-refractivity contribution in [1.29, 1.82) is 0 Å². The lowest BCUT2D eigenvalue weighted by atomic mass is 10.1. The molecule has 1 atom stereocenters. The van der Waals surface area contributed by atoms with E-state index in [-0.39, 0.29) is 18.5 Å². The van der Waals surface area contributed by atoms with Crippen LogP contribution < -0.4 is 4.74 Å². The smallest absolute Gasteiger partial charge is 0.308 e. The second kappa shape index (κ2) is 10.7. The molecule has 2 rings (SSSR count). The average molecular weight is 349 g/mol. The molecule has 6 nitrogen and oxygen atoms in total. The van der Waals surface area contributed by atoms with E-state index in [2.05, 4.69) is 4.98 Å². The summed E-state index contributed by atoms with van der Waals surface area (Å²) in [7, 11) is 0. The van der Waals surface area contributed by atoms with E-state index < -0.39 is 0 Å². The fourth-order valence-corrected chi connectivity index (χ4v) is 2.17. The van der Waals surface area contributed by atoms with Gasteiger partial charge < -0.3 is 23.9 Å². The molecule has 0 saturated carbocycles. The molecule has 0 aliphatic heterocycles. The lowest BCUT2D eigenvalue weighted by Crippen LogP contribution is -2.18. The zero-order valence-electron chi connectivity index (χ0n) is 15.0. The van der Waals surface area contributed by atoms with Gasteiger partial charge in [-0.1, -0.05) is 13.8 Å². The minimum absolute atomic E-state index is 0.0546. The third-order valence-corrected chi connectivity index (χ3v) is 3.88. The number of aromatic amines is 1. The van der Waals surface area contributed by atoms with Crippen LogP contribution in [0.1, 0.15) is 20.3 Å². The van der Waals surface area contributed by atoms with Gasteiger partial charge >= 0.3 is 5.97 Å². The maximum atomic E-state index is 11.4. The Labute approximate surface area is 148 Å². The zero-order valence-corrected chi connectivity index (χ0v) is 15.0. The van der Waals surface area contributed by atoms with Crippen LogP contribution in [0.2, 0.25) is 0 Å². The molecular formula is C19H27NO5. The topological polar surface area (TPSA) is 69.8 Å². The standard InChI is InChI=1S/C19H27NO5/c1-3-15(2)19(21)25-13-11-23-9-8-22-10-12-24-17-5-4-16-6-7-20-18(16)14-17/h4-7,14-15,20H,3,8-13H2,1-2H3. The highest BCUT2D eigenvalue weighted by molar-refractivity contribution is 5.80. The Morgan fingerprint density at radius 3 is 2.52 bits per heavy atom. The molecule has 0 saturated heterocycles. The summed E-state index contributed by atoms with van der Waals surface area (Å²) in [4.78, 5) is 14.6. The molecule has 0 aliphatic rings. The number of nitrogens with one attached hydrogen (secondary N) is 1. The van der Waals surface area contributed by atoms with Crippen molar-refractivity contribution in [2.24, 2.45) is 5.92 Å². The van der Waals surface area contributed by atoms with Crippen molar-refractivity contribution in [3.63, 3.8) is 0 Å². The summed E-state index contributed by atoms with van der Waals surface area (Å²) in [6.07, 6.45) is 2.69. The fraction of sp³-hybridized carbons (Fsp3) is 0.526. The third-order valence-electron chi connectivity index (χ3n) is 3.88. The van der Waals surface area contributed by atoms with Crippen molar-refractivity contribution in [2.75, 3.05) is 39.6 Å². The monoisotopic (exact) mass is 349 g/mol. The largest absolute Gasteiger partial charge is 0.491 e. The van der Waals surface area contributed by atoms with Crippen molar-refractivity contribution in [2.45, 2.75) is 20.3 Å². The van der Waals surface area contributed by atoms with Gasteiger partial charge in [0.05, 0.1) is 32.3 Å². The number of hydrogen-bond donors (Lipinski definition) is 1. The van der Waals surface area contributed by atoms with E-state index in [1.54, 1.807) is 0 Å². The fourth-order valence-electron chi connectivity index (χ4n) is 2.17. The van der Waals surface area contributed by atoms with Crippen molar-refractivity contribution in [3.05, 3.63) is 30.5 Å².